The van der Waals surface area contributed by atoms with E-state index in [4.69, 9.17) is 4.74 Å². The summed E-state index contributed by atoms with van der Waals surface area (Å²) in [6.07, 6.45) is 3.38. The monoisotopic (exact) mass is 380 g/mol. The number of benzene rings is 1. The minimum absolute atomic E-state index is 0.0934. The third-order valence-electron chi connectivity index (χ3n) is 4.32. The summed E-state index contributed by atoms with van der Waals surface area (Å²) in [5.41, 5.74) is 2.67. The number of fused-ring (bicyclic) bond motifs is 1. The summed E-state index contributed by atoms with van der Waals surface area (Å²) < 4.78 is 6.74. The molecule has 0 aliphatic rings. The molecular formula is C21H24N4O3. The second-order valence-corrected chi connectivity index (χ2v) is 8.05. The number of hydrogen-bond acceptors (Lipinski definition) is 6. The molecule has 3 rings (SSSR count). The van der Waals surface area contributed by atoms with Gasteiger partial charge in [0.2, 0.25) is 0 Å². The van der Waals surface area contributed by atoms with Crippen LogP contribution in [0, 0.1) is 12.3 Å². The van der Waals surface area contributed by atoms with Crippen LogP contribution in [0.4, 0.5) is 0 Å². The molecule has 0 saturated heterocycles. The average Bonchev–Trinajstić information content (AvgIpc) is 2.98. The van der Waals surface area contributed by atoms with Gasteiger partial charge >= 0.3 is 5.97 Å². The molecule has 7 heteroatoms. The molecule has 0 radical (unpaired) electrons. The Morgan fingerprint density at radius 2 is 1.75 bits per heavy atom. The van der Waals surface area contributed by atoms with E-state index in [-0.39, 0.29) is 11.2 Å². The number of esters is 1. The highest BCUT2D eigenvalue weighted by molar-refractivity contribution is 6.12. The van der Waals surface area contributed by atoms with E-state index in [9.17, 15) is 9.59 Å². The number of methoxy groups -OCH3 is 1. The van der Waals surface area contributed by atoms with Crippen molar-refractivity contribution in [3.8, 4) is 11.1 Å². The molecule has 0 bridgehead atoms. The maximum atomic E-state index is 12.6. The van der Waals surface area contributed by atoms with Gasteiger partial charge in [-0.05, 0) is 30.0 Å². The number of aryl methyl sites for hydroxylation is 1. The van der Waals surface area contributed by atoms with Crippen molar-refractivity contribution in [2.24, 2.45) is 5.41 Å². The normalized spacial score (nSPS) is 11.6. The third-order valence-corrected chi connectivity index (χ3v) is 4.32. The van der Waals surface area contributed by atoms with Gasteiger partial charge in [0.15, 0.2) is 5.78 Å². The van der Waals surface area contributed by atoms with Crippen LogP contribution < -0.4 is 0 Å². The number of nitrogens with zero attached hydrogens (tertiary/aromatic N) is 4. The van der Waals surface area contributed by atoms with Crippen molar-refractivity contribution in [2.75, 3.05) is 7.11 Å². The molecule has 0 N–H and O–H groups in total. The molecule has 0 unspecified atom stereocenters. The first-order chi connectivity index (χ1) is 13.1. The number of carbonyl (C=O) groups excluding carboxylic acids is 2. The van der Waals surface area contributed by atoms with Crippen molar-refractivity contribution < 1.29 is 14.3 Å². The summed E-state index contributed by atoms with van der Waals surface area (Å²) in [5.74, 6) is 0.0104. The van der Waals surface area contributed by atoms with E-state index in [1.54, 1.807) is 30.1 Å². The maximum Gasteiger partial charge on any atom is 0.340 e. The van der Waals surface area contributed by atoms with Gasteiger partial charge in [-0.2, -0.15) is 5.10 Å². The summed E-state index contributed by atoms with van der Waals surface area (Å²) in [7, 11) is 1.34. The molecule has 0 spiro atoms. The van der Waals surface area contributed by atoms with Crippen molar-refractivity contribution in [3.63, 3.8) is 0 Å². The summed E-state index contributed by atoms with van der Waals surface area (Å²) in [6, 6.07) is 3.60. The Labute approximate surface area is 163 Å². The Bertz CT molecular complexity index is 1060. The second kappa shape index (κ2) is 7.14. The minimum Gasteiger partial charge on any atom is -0.465 e. The van der Waals surface area contributed by atoms with E-state index < -0.39 is 5.97 Å². The SMILES string of the molecule is COC(=O)c1cc(-c2cnc(C)nc2)cc2c(C(C)=O)nn(CC(C)(C)C)c12. The Hall–Kier alpha value is -3.09. The highest BCUT2D eigenvalue weighted by Gasteiger charge is 2.24. The molecule has 146 valence electrons. The fourth-order valence-corrected chi connectivity index (χ4v) is 3.12. The zero-order chi connectivity index (χ0) is 20.6. The van der Waals surface area contributed by atoms with Gasteiger partial charge in [0.1, 0.15) is 11.5 Å². The zero-order valence-electron chi connectivity index (χ0n) is 17.0. The third kappa shape index (κ3) is 3.78. The lowest BCUT2D eigenvalue weighted by Crippen LogP contribution is -2.18. The molecule has 0 amide bonds. The number of rotatable bonds is 4. The van der Waals surface area contributed by atoms with Gasteiger partial charge in [-0.25, -0.2) is 14.8 Å². The molecule has 2 heterocycles. The lowest BCUT2D eigenvalue weighted by molar-refractivity contribution is 0.0602. The van der Waals surface area contributed by atoms with Crippen molar-refractivity contribution in [3.05, 3.63) is 41.6 Å². The van der Waals surface area contributed by atoms with E-state index in [0.717, 1.165) is 11.1 Å². The Balaban J connectivity index is 2.36. The maximum absolute atomic E-state index is 12.6. The van der Waals surface area contributed by atoms with Crippen LogP contribution in [-0.2, 0) is 11.3 Å². The summed E-state index contributed by atoms with van der Waals surface area (Å²) in [6.45, 7) is 10.0. The van der Waals surface area contributed by atoms with E-state index in [1.165, 1.54) is 14.0 Å². The largest absolute Gasteiger partial charge is 0.465 e. The van der Waals surface area contributed by atoms with E-state index in [0.29, 0.717) is 34.5 Å². The van der Waals surface area contributed by atoms with Crippen LogP contribution in [-0.4, -0.2) is 38.6 Å². The first-order valence-electron chi connectivity index (χ1n) is 9.03. The molecule has 0 saturated carbocycles. The van der Waals surface area contributed by atoms with Gasteiger partial charge in [-0.15, -0.1) is 0 Å². The predicted octanol–water partition coefficient (Wildman–Crippen LogP) is 3.84. The van der Waals surface area contributed by atoms with Crippen LogP contribution in [0.2, 0.25) is 0 Å². The number of ketones is 1. The summed E-state index contributed by atoms with van der Waals surface area (Å²) >= 11 is 0. The van der Waals surface area contributed by atoms with Gasteiger partial charge in [-0.1, -0.05) is 20.8 Å². The molecule has 0 aliphatic heterocycles. The van der Waals surface area contributed by atoms with Gasteiger partial charge in [0.25, 0.3) is 0 Å². The topological polar surface area (TPSA) is 87.0 Å². The number of ether oxygens (including phenoxy) is 1. The standard InChI is InChI=1S/C21H24N4O3/c1-12(26)18-16-7-14(15-9-22-13(2)23-10-15)8-17(20(27)28-6)19(16)25(24-18)11-21(3,4)5/h7-10H,11H2,1-6H3. The van der Waals surface area contributed by atoms with Crippen molar-refractivity contribution in [2.45, 2.75) is 41.2 Å². The van der Waals surface area contributed by atoms with Crippen molar-refractivity contribution >= 4 is 22.7 Å². The van der Waals surface area contributed by atoms with Crippen molar-refractivity contribution in [1.82, 2.24) is 19.7 Å². The number of carbonyl (C=O) groups is 2. The highest BCUT2D eigenvalue weighted by Crippen LogP contribution is 2.32. The highest BCUT2D eigenvalue weighted by atomic mass is 16.5. The zero-order valence-corrected chi connectivity index (χ0v) is 17.0. The molecule has 0 aliphatic carbocycles. The molecule has 0 atom stereocenters. The molecular weight excluding hydrogens is 356 g/mol. The van der Waals surface area contributed by atoms with Gasteiger partial charge < -0.3 is 4.74 Å². The van der Waals surface area contributed by atoms with E-state index in [1.807, 2.05) is 6.07 Å². The number of hydrogen-bond donors (Lipinski definition) is 0. The van der Waals surface area contributed by atoms with Crippen LogP contribution in [0.1, 0.15) is 54.4 Å². The smallest absolute Gasteiger partial charge is 0.340 e. The predicted molar refractivity (Wildman–Crippen MR) is 106 cm³/mol. The van der Waals surface area contributed by atoms with Crippen LogP contribution >= 0.6 is 0 Å². The Kier molecular flexibility index (Phi) is 5.02. The molecule has 28 heavy (non-hydrogen) atoms. The number of Topliss-reactive ketones (excluding diaryl/α,β-unsaturated/α-hetero) is 1. The molecule has 0 fully saturated rings. The Morgan fingerprint density at radius 3 is 2.29 bits per heavy atom. The van der Waals surface area contributed by atoms with Crippen molar-refractivity contribution in [1.29, 1.82) is 0 Å². The first-order valence-corrected chi connectivity index (χ1v) is 9.03. The molecule has 2 aromatic heterocycles. The minimum atomic E-state index is -0.481. The van der Waals surface area contributed by atoms with Gasteiger partial charge in [0.05, 0.1) is 18.2 Å². The van der Waals surface area contributed by atoms with Crippen LogP contribution in [0.3, 0.4) is 0 Å². The Morgan fingerprint density at radius 1 is 1.11 bits per heavy atom. The van der Waals surface area contributed by atoms with Crippen LogP contribution in [0.25, 0.3) is 22.0 Å². The molecule has 7 nitrogen and oxygen atoms in total. The molecule has 1 aromatic carbocycles. The quantitative estimate of drug-likeness (QED) is 0.505. The second-order valence-electron chi connectivity index (χ2n) is 8.05. The average molecular weight is 380 g/mol. The van der Waals surface area contributed by atoms with E-state index >= 15 is 0 Å². The fourth-order valence-electron chi connectivity index (χ4n) is 3.12. The number of aromatic nitrogens is 4. The van der Waals surface area contributed by atoms with Crippen LogP contribution in [0.15, 0.2) is 24.5 Å². The van der Waals surface area contributed by atoms with Gasteiger partial charge in [0, 0.05) is 36.8 Å². The van der Waals surface area contributed by atoms with Gasteiger partial charge in [-0.3, -0.25) is 9.48 Å². The van der Waals surface area contributed by atoms with Crippen LogP contribution in [0.5, 0.6) is 0 Å². The molecule has 3 aromatic rings. The van der Waals surface area contributed by atoms with E-state index in [2.05, 4.69) is 35.8 Å². The first kappa shape index (κ1) is 19.7. The lowest BCUT2D eigenvalue weighted by Gasteiger charge is -2.19. The summed E-state index contributed by atoms with van der Waals surface area (Å²) in [5, 5.41) is 5.15. The lowest BCUT2D eigenvalue weighted by atomic mass is 9.96. The fraction of sp³-hybridized carbons (Fsp3) is 0.381. The summed E-state index contributed by atoms with van der Waals surface area (Å²) in [4.78, 5) is 33.3.